The molecule has 0 fully saturated rings. The van der Waals surface area contributed by atoms with E-state index < -0.39 is 0 Å². The van der Waals surface area contributed by atoms with Gasteiger partial charge in [-0.05, 0) is 172 Å². The van der Waals surface area contributed by atoms with Gasteiger partial charge in [0.05, 0.1) is 75.6 Å². The average Bonchev–Trinajstić information content (AvgIpc) is 1.61. The van der Waals surface area contributed by atoms with Crippen LogP contribution in [0.15, 0.2) is 24.3 Å². The summed E-state index contributed by atoms with van der Waals surface area (Å²) >= 11 is 0. The van der Waals surface area contributed by atoms with Gasteiger partial charge in [-0.3, -0.25) is 0 Å². The third kappa shape index (κ3) is 55.3. The molecule has 0 spiro atoms. The van der Waals surface area contributed by atoms with E-state index in [1.165, 1.54) is 404 Å². The van der Waals surface area contributed by atoms with E-state index in [4.69, 9.17) is 47.9 Å². The van der Waals surface area contributed by atoms with Gasteiger partial charge in [-0.1, -0.05) is 415 Å². The lowest BCUT2D eigenvalue weighted by molar-refractivity contribution is 0.130. The molecule has 8 bridgehead atoms. The molecule has 0 atom stereocenters. The van der Waals surface area contributed by atoms with Crippen molar-refractivity contribution in [3.63, 3.8) is 0 Å². The molecule has 3 aromatic rings. The van der Waals surface area contributed by atoms with Crippen LogP contribution < -0.4 is 0 Å². The molecule has 0 aliphatic carbocycles. The Hall–Kier alpha value is -3.72. The molecule has 12 nitrogen and oxygen atoms in total. The second-order valence-corrected chi connectivity index (χ2v) is 38.8. The molecule has 738 valence electrons. The van der Waals surface area contributed by atoms with Gasteiger partial charge in [0.25, 0.3) is 0 Å². The summed E-state index contributed by atoms with van der Waals surface area (Å²) < 4.78 is 54.7. The molecule has 2 aliphatic heterocycles. The number of aromatic amines is 2. The monoisotopic (exact) mass is 1780 g/mol. The van der Waals surface area contributed by atoms with Crippen LogP contribution in [0.4, 0.5) is 0 Å². The molecule has 0 aromatic carbocycles. The highest BCUT2D eigenvalue weighted by molar-refractivity contribution is 5.96. The second-order valence-electron chi connectivity index (χ2n) is 38.8. The summed E-state index contributed by atoms with van der Waals surface area (Å²) in [5.41, 5.74) is 18.8. The minimum Gasteiger partial charge on any atom is -0.381 e. The number of nitrogens with zero attached hydrogens (tertiary/aromatic N) is 2. The van der Waals surface area contributed by atoms with Gasteiger partial charge in [0.2, 0.25) is 0 Å². The second kappa shape index (κ2) is 83.8. The molecule has 0 saturated carbocycles. The van der Waals surface area contributed by atoms with Gasteiger partial charge in [-0.15, -0.1) is 0 Å². The van der Waals surface area contributed by atoms with Crippen LogP contribution in [-0.2, 0) is 63.6 Å². The van der Waals surface area contributed by atoms with Gasteiger partial charge in [0.15, 0.2) is 0 Å². The van der Waals surface area contributed by atoms with Crippen LogP contribution in [0.25, 0.3) is 44.4 Å². The van der Waals surface area contributed by atoms with Gasteiger partial charge < -0.3 is 47.9 Å². The van der Waals surface area contributed by atoms with Crippen LogP contribution >= 0.6 is 0 Å². The van der Waals surface area contributed by atoms with Crippen molar-refractivity contribution >= 4 is 44.4 Å². The molecule has 3 aromatic heterocycles. The smallest absolute Gasteiger partial charge is 0.0695 e. The van der Waals surface area contributed by atoms with Gasteiger partial charge in [0.1, 0.15) is 0 Å². The van der Waals surface area contributed by atoms with Gasteiger partial charge in [-0.25, -0.2) is 9.97 Å². The Labute approximate surface area is 790 Å². The average molecular weight is 1780 g/mol. The Morgan fingerprint density at radius 3 is 0.469 bits per heavy atom. The summed E-state index contributed by atoms with van der Waals surface area (Å²) in [5.74, 6) is 0. The largest absolute Gasteiger partial charge is 0.381 e. The minimum absolute atomic E-state index is 0.627. The van der Waals surface area contributed by atoms with E-state index >= 15 is 0 Å². The Kier molecular flexibility index (Phi) is 75.2. The molecule has 2 aliphatic rings. The fourth-order valence-corrected chi connectivity index (χ4v) is 19.1. The van der Waals surface area contributed by atoms with Crippen LogP contribution in [0, 0.1) is 0 Å². The lowest BCUT2D eigenvalue weighted by atomic mass is 9.96. The Balaban J connectivity index is 1.84. The first-order valence-corrected chi connectivity index (χ1v) is 56.3. The number of hydrogen-bond acceptors (Lipinski definition) is 10. The predicted molar refractivity (Wildman–Crippen MR) is 555 cm³/mol. The molecule has 0 unspecified atom stereocenters. The molecule has 0 saturated heterocycles. The summed E-state index contributed by atoms with van der Waals surface area (Å²) in [6, 6.07) is 9.78. The fraction of sp³-hybridized carbons (Fsp3) is 0.828. The highest BCUT2D eigenvalue weighted by Gasteiger charge is 2.27. The van der Waals surface area contributed by atoms with E-state index in [0.717, 1.165) is 200 Å². The van der Waals surface area contributed by atoms with E-state index in [9.17, 15) is 0 Å². The third-order valence-corrected chi connectivity index (χ3v) is 27.2. The normalized spacial score (nSPS) is 12.5. The standard InChI is InChI=1S/C116H206N4O8/c1-9-17-25-33-41-49-57-65-81-121-89-73-101-102(74-90-122-82-66-58-50-42-34-26-18-10-2)110-98-112-105(77-93-125-85-69-61-53-45-37-29-21-13-5)106(78-94-126-86-70-62-54-46-38-30-22-14-6)114(119-112)100-116-108(80-96-128-88-72-64-56-48-40-32-24-16-8)107(79-95-127-87-71-63-55-47-39-31-23-15-7)115(120-116)99-113-104(76-92-124-84-68-60-52-44-36-28-20-12-4)103(111(118-113)97-109(101)117-110)75-91-123-83-67-59-51-43-35-27-19-11-3/h97-100,117-118H,9-96H2,1-8H3. The van der Waals surface area contributed by atoms with E-state index in [2.05, 4.69) is 89.6 Å². The molecule has 128 heavy (non-hydrogen) atoms. The van der Waals surface area contributed by atoms with Crippen LogP contribution in [0.3, 0.4) is 0 Å². The van der Waals surface area contributed by atoms with Crippen molar-refractivity contribution in [1.82, 2.24) is 19.9 Å². The number of nitrogens with one attached hydrogen (secondary N) is 2. The zero-order valence-corrected chi connectivity index (χ0v) is 85.7. The minimum atomic E-state index is 0.627. The molecular formula is C116H206N4O8. The molecule has 0 amide bonds. The first-order valence-electron chi connectivity index (χ1n) is 56.3. The molecule has 2 N–H and O–H groups in total. The third-order valence-electron chi connectivity index (χ3n) is 27.2. The van der Waals surface area contributed by atoms with Gasteiger partial charge >= 0.3 is 0 Å². The Morgan fingerprint density at radius 2 is 0.297 bits per heavy atom. The molecule has 0 radical (unpaired) electrons. The molecular weight excluding hydrogens is 1580 g/mol. The molecule has 5 heterocycles. The van der Waals surface area contributed by atoms with E-state index in [-0.39, 0.29) is 0 Å². The van der Waals surface area contributed by atoms with Crippen molar-refractivity contribution < 1.29 is 37.9 Å². The Morgan fingerprint density at radius 1 is 0.156 bits per heavy atom. The van der Waals surface area contributed by atoms with Crippen molar-refractivity contribution in [1.29, 1.82) is 0 Å². The lowest BCUT2D eigenvalue weighted by Crippen LogP contribution is -2.05. The summed E-state index contributed by atoms with van der Waals surface area (Å²) in [6.45, 7) is 29.8. The van der Waals surface area contributed by atoms with Gasteiger partial charge in [0, 0.05) is 74.9 Å². The van der Waals surface area contributed by atoms with Crippen molar-refractivity contribution in [2.24, 2.45) is 0 Å². The van der Waals surface area contributed by atoms with E-state index in [1.54, 1.807) is 0 Å². The topological polar surface area (TPSA) is 131 Å². The Bertz CT molecular complexity index is 3070. The number of unbranched alkanes of at least 4 members (excludes halogenated alkanes) is 56. The van der Waals surface area contributed by atoms with E-state index in [1.807, 2.05) is 0 Å². The summed E-state index contributed by atoms with van der Waals surface area (Å²) in [7, 11) is 0. The highest BCUT2D eigenvalue weighted by atomic mass is 16.5. The summed E-state index contributed by atoms with van der Waals surface area (Å²) in [5, 5.41) is 0. The van der Waals surface area contributed by atoms with Crippen LogP contribution in [0.1, 0.15) is 537 Å². The van der Waals surface area contributed by atoms with Crippen LogP contribution in [-0.4, -0.2) is 126 Å². The van der Waals surface area contributed by atoms with E-state index in [0.29, 0.717) is 52.9 Å². The molecule has 5 rings (SSSR count). The maximum absolute atomic E-state index is 6.84. The van der Waals surface area contributed by atoms with Crippen molar-refractivity contribution in [3.05, 3.63) is 69.3 Å². The van der Waals surface area contributed by atoms with Crippen molar-refractivity contribution in [2.45, 2.75) is 518 Å². The first kappa shape index (κ1) is 115. The number of hydrogen-bond donors (Lipinski definition) is 2. The number of fused-ring (bicyclic) bond motifs is 8. The zero-order valence-electron chi connectivity index (χ0n) is 85.7. The van der Waals surface area contributed by atoms with Crippen LogP contribution in [0.2, 0.25) is 0 Å². The summed E-state index contributed by atoms with van der Waals surface area (Å²) in [6.07, 6.45) is 88.0. The zero-order chi connectivity index (χ0) is 90.8. The number of aromatic nitrogens is 4. The number of H-pyrrole nitrogens is 2. The number of rotatable bonds is 96. The summed E-state index contributed by atoms with van der Waals surface area (Å²) in [4.78, 5) is 20.6. The van der Waals surface area contributed by atoms with Gasteiger partial charge in [-0.2, -0.15) is 0 Å². The molecule has 12 heteroatoms. The fourth-order valence-electron chi connectivity index (χ4n) is 19.1. The quantitative estimate of drug-likeness (QED) is 0.0527. The SMILES string of the molecule is CCCCCCCCCCOCCC1=C(CCOCCCCCCCCCC)c2cc3[nH]c(cc4[nH]c(cc5nc(cc1n2)C(CCOCCCCCCCCCC)=C5CCOCCCCCCCCCC)c(CCOCCCCCCCCCC)c4CCOCCCCCCCCCC)c(CCOCCCCCCCCCC)c3CCOCCCCCCCCCC. The highest BCUT2D eigenvalue weighted by Crippen LogP contribution is 2.41. The van der Waals surface area contributed by atoms with Crippen molar-refractivity contribution in [3.8, 4) is 0 Å². The maximum Gasteiger partial charge on any atom is 0.0695 e. The first-order chi connectivity index (χ1) is 63.5. The number of ether oxygens (including phenoxy) is 8. The predicted octanol–water partition coefficient (Wildman–Crippen LogP) is 35.1. The van der Waals surface area contributed by atoms with Crippen molar-refractivity contribution in [2.75, 3.05) is 106 Å². The maximum atomic E-state index is 6.84. The van der Waals surface area contributed by atoms with Crippen LogP contribution in [0.5, 0.6) is 0 Å². The lowest BCUT2D eigenvalue weighted by Gasteiger charge is -2.12.